The molecule has 1 aliphatic carbocycles. The van der Waals surface area contributed by atoms with E-state index in [4.69, 9.17) is 0 Å². The highest BCUT2D eigenvalue weighted by molar-refractivity contribution is 9.10. The van der Waals surface area contributed by atoms with Gasteiger partial charge in [0.05, 0.1) is 22.4 Å². The van der Waals surface area contributed by atoms with Crippen LogP contribution in [0.25, 0.3) is 0 Å². The van der Waals surface area contributed by atoms with E-state index in [0.29, 0.717) is 18.8 Å². The molecule has 2 aromatic heterocycles. The van der Waals surface area contributed by atoms with Crippen molar-refractivity contribution in [2.45, 2.75) is 57.8 Å². The van der Waals surface area contributed by atoms with Crippen molar-refractivity contribution in [1.29, 1.82) is 0 Å². The van der Waals surface area contributed by atoms with Crippen molar-refractivity contribution in [1.82, 2.24) is 24.9 Å². The van der Waals surface area contributed by atoms with Crippen molar-refractivity contribution in [2.24, 2.45) is 0 Å². The largest absolute Gasteiger partial charge is 0.436 e. The van der Waals surface area contributed by atoms with Crippen LogP contribution in [0.15, 0.2) is 16.7 Å². The van der Waals surface area contributed by atoms with Gasteiger partial charge in [-0.3, -0.25) is 14.2 Å². The lowest BCUT2D eigenvalue weighted by atomic mass is 10.2. The fourth-order valence-corrected chi connectivity index (χ4v) is 3.74. The van der Waals surface area contributed by atoms with E-state index in [0.717, 1.165) is 25.0 Å². The number of aromatic nitrogens is 4. The van der Waals surface area contributed by atoms with Crippen LogP contribution in [0, 0.1) is 6.92 Å². The van der Waals surface area contributed by atoms with Crippen LogP contribution in [0.5, 0.6) is 0 Å². The highest BCUT2D eigenvalue weighted by atomic mass is 79.9. The molecule has 1 saturated carbocycles. The van der Waals surface area contributed by atoms with Gasteiger partial charge in [-0.1, -0.05) is 0 Å². The lowest BCUT2D eigenvalue weighted by molar-refractivity contribution is -0.142. The van der Waals surface area contributed by atoms with Gasteiger partial charge in [-0.15, -0.1) is 0 Å². The van der Waals surface area contributed by atoms with Gasteiger partial charge in [0.2, 0.25) is 5.91 Å². The first-order valence-corrected chi connectivity index (χ1v) is 9.65. The minimum Gasteiger partial charge on any atom is -0.356 e. The molecule has 148 valence electrons. The van der Waals surface area contributed by atoms with Gasteiger partial charge in [-0.2, -0.15) is 23.4 Å². The summed E-state index contributed by atoms with van der Waals surface area (Å²) in [5.41, 5.74) is 0.567. The first-order chi connectivity index (χ1) is 12.8. The summed E-state index contributed by atoms with van der Waals surface area (Å²) in [5.74, 6) is -0.114. The third-order valence-corrected chi connectivity index (χ3v) is 5.16. The quantitative estimate of drug-likeness (QED) is 0.628. The summed E-state index contributed by atoms with van der Waals surface area (Å²) in [4.78, 5) is 12.0. The molecule has 0 aliphatic heterocycles. The molecule has 1 aliphatic rings. The maximum Gasteiger partial charge on any atom is 0.436 e. The number of rotatable bonds is 8. The highest BCUT2D eigenvalue weighted by Gasteiger charge is 2.41. The van der Waals surface area contributed by atoms with Crippen LogP contribution in [0.1, 0.15) is 48.7 Å². The molecule has 3 rings (SSSR count). The monoisotopic (exact) mass is 447 g/mol. The van der Waals surface area contributed by atoms with Gasteiger partial charge in [0.1, 0.15) is 0 Å². The molecular formula is C17H21BrF3N5O. The number of carbonyl (C=O) groups is 1. The summed E-state index contributed by atoms with van der Waals surface area (Å²) in [6.45, 7) is 3.22. The molecule has 0 radical (unpaired) electrons. The van der Waals surface area contributed by atoms with Gasteiger partial charge in [-0.05, 0) is 48.2 Å². The number of alkyl halides is 3. The second-order valence-electron chi connectivity index (χ2n) is 6.72. The van der Waals surface area contributed by atoms with E-state index in [1.165, 1.54) is 4.68 Å². The number of aryl methyl sites for hydroxylation is 3. The topological polar surface area (TPSA) is 64.7 Å². The van der Waals surface area contributed by atoms with Crippen molar-refractivity contribution in [3.05, 3.63) is 33.8 Å². The van der Waals surface area contributed by atoms with E-state index in [9.17, 15) is 18.0 Å². The summed E-state index contributed by atoms with van der Waals surface area (Å²) >= 11 is 3.05. The summed E-state index contributed by atoms with van der Waals surface area (Å²) in [7, 11) is 0. The van der Waals surface area contributed by atoms with E-state index < -0.39 is 11.9 Å². The molecule has 27 heavy (non-hydrogen) atoms. The SMILES string of the molecule is Cc1ccn(CCCNC(=O)CCn2nc(C(F)(F)F)c(Br)c2C2CC2)n1. The normalized spacial score (nSPS) is 14.6. The predicted octanol–water partition coefficient (Wildman–Crippen LogP) is 3.64. The van der Waals surface area contributed by atoms with Crippen molar-refractivity contribution < 1.29 is 18.0 Å². The first-order valence-electron chi connectivity index (χ1n) is 8.86. The third kappa shape index (κ3) is 5.12. The van der Waals surface area contributed by atoms with E-state index in [-0.39, 0.29) is 29.3 Å². The van der Waals surface area contributed by atoms with E-state index in [2.05, 4.69) is 31.4 Å². The molecule has 1 amide bonds. The molecule has 1 N–H and O–H groups in total. The fraction of sp³-hybridized carbons (Fsp3) is 0.588. The van der Waals surface area contributed by atoms with Gasteiger partial charge in [0.25, 0.3) is 0 Å². The maximum atomic E-state index is 13.1. The van der Waals surface area contributed by atoms with E-state index in [1.807, 2.05) is 23.9 Å². The Balaban J connectivity index is 1.49. The summed E-state index contributed by atoms with van der Waals surface area (Å²) < 4.78 is 42.4. The second-order valence-corrected chi connectivity index (χ2v) is 7.51. The Kier molecular flexibility index (Phi) is 5.92. The van der Waals surface area contributed by atoms with E-state index in [1.54, 1.807) is 0 Å². The Morgan fingerprint density at radius 2 is 2.07 bits per heavy atom. The van der Waals surface area contributed by atoms with Crippen LogP contribution < -0.4 is 5.32 Å². The van der Waals surface area contributed by atoms with Crippen molar-refractivity contribution >= 4 is 21.8 Å². The summed E-state index contributed by atoms with van der Waals surface area (Å²) in [5, 5.41) is 10.8. The molecular weight excluding hydrogens is 427 g/mol. The molecule has 6 nitrogen and oxygen atoms in total. The van der Waals surface area contributed by atoms with Gasteiger partial charge in [0.15, 0.2) is 5.69 Å². The number of amides is 1. The number of nitrogens with one attached hydrogen (secondary N) is 1. The average Bonchev–Trinajstić information content (AvgIpc) is 3.24. The predicted molar refractivity (Wildman–Crippen MR) is 96.1 cm³/mol. The number of hydrogen-bond acceptors (Lipinski definition) is 3. The Labute approximate surface area is 163 Å². The van der Waals surface area contributed by atoms with Gasteiger partial charge < -0.3 is 5.32 Å². The first kappa shape index (κ1) is 19.9. The Hall–Kier alpha value is -1.84. The molecule has 10 heteroatoms. The van der Waals surface area contributed by atoms with Crippen molar-refractivity contribution in [3.63, 3.8) is 0 Å². The minimum atomic E-state index is -4.51. The summed E-state index contributed by atoms with van der Waals surface area (Å²) in [6, 6.07) is 1.91. The maximum absolute atomic E-state index is 13.1. The standard InChI is InChI=1S/C17H21BrF3N5O/c1-11-5-9-25(23-11)8-2-7-22-13(27)6-10-26-15(12-3-4-12)14(18)16(24-26)17(19,20)21/h5,9,12H,2-4,6-8,10H2,1H3,(H,22,27). The molecule has 0 unspecified atom stereocenters. The van der Waals surface area contributed by atoms with Crippen molar-refractivity contribution in [3.8, 4) is 0 Å². The molecule has 0 bridgehead atoms. The van der Waals surface area contributed by atoms with E-state index >= 15 is 0 Å². The zero-order valence-corrected chi connectivity index (χ0v) is 16.5. The van der Waals surface area contributed by atoms with Gasteiger partial charge >= 0.3 is 6.18 Å². The lowest BCUT2D eigenvalue weighted by Gasteiger charge is -2.08. The van der Waals surface area contributed by atoms with Crippen LogP contribution >= 0.6 is 15.9 Å². The third-order valence-electron chi connectivity index (χ3n) is 4.37. The molecule has 2 aromatic rings. The molecule has 0 aromatic carbocycles. The molecule has 0 atom stereocenters. The van der Waals surface area contributed by atoms with Crippen LogP contribution in [-0.2, 0) is 24.1 Å². The number of halogens is 4. The number of carbonyl (C=O) groups excluding carboxylic acids is 1. The Morgan fingerprint density at radius 3 is 2.67 bits per heavy atom. The zero-order chi connectivity index (χ0) is 19.6. The van der Waals surface area contributed by atoms with Gasteiger partial charge in [0, 0.05) is 31.6 Å². The molecule has 2 heterocycles. The smallest absolute Gasteiger partial charge is 0.356 e. The Morgan fingerprint density at radius 1 is 1.33 bits per heavy atom. The highest BCUT2D eigenvalue weighted by Crippen LogP contribution is 2.46. The molecule has 1 fully saturated rings. The van der Waals surface area contributed by atoms with Crippen LogP contribution in [-0.4, -0.2) is 32.0 Å². The summed E-state index contributed by atoms with van der Waals surface area (Å²) in [6.07, 6.45) is -0.121. The Bertz CT molecular complexity index is 810. The molecule has 0 spiro atoms. The number of nitrogens with zero attached hydrogens (tertiary/aromatic N) is 4. The minimum absolute atomic E-state index is 0.00687. The van der Waals surface area contributed by atoms with Crippen LogP contribution in [0.3, 0.4) is 0 Å². The fourth-order valence-electron chi connectivity index (χ4n) is 2.90. The van der Waals surface area contributed by atoms with Crippen LogP contribution in [0.2, 0.25) is 0 Å². The van der Waals surface area contributed by atoms with Crippen LogP contribution in [0.4, 0.5) is 13.2 Å². The number of hydrogen-bond donors (Lipinski definition) is 1. The average molecular weight is 448 g/mol. The second kappa shape index (κ2) is 8.04. The van der Waals surface area contributed by atoms with Gasteiger partial charge in [-0.25, -0.2) is 0 Å². The van der Waals surface area contributed by atoms with Crippen molar-refractivity contribution in [2.75, 3.05) is 6.54 Å². The lowest BCUT2D eigenvalue weighted by Crippen LogP contribution is -2.26. The zero-order valence-electron chi connectivity index (χ0n) is 14.9. The molecule has 0 saturated heterocycles.